The molecule has 0 radical (unpaired) electrons. The van der Waals surface area contributed by atoms with Crippen molar-refractivity contribution in [3.63, 3.8) is 0 Å². The van der Waals surface area contributed by atoms with Crippen molar-refractivity contribution in [3.8, 4) is 0 Å². The van der Waals surface area contributed by atoms with Gasteiger partial charge in [-0.3, -0.25) is 18.7 Å². The van der Waals surface area contributed by atoms with E-state index in [2.05, 4.69) is 10.2 Å². The number of hydrogen-bond acceptors (Lipinski definition) is 5. The molecule has 0 amide bonds. The molecule has 0 aliphatic carbocycles. The average Bonchev–Trinajstić information content (AvgIpc) is 2.75. The van der Waals surface area contributed by atoms with Crippen LogP contribution in [-0.4, -0.2) is 29.7 Å². The highest BCUT2D eigenvalue weighted by Gasteiger charge is 2.13. The van der Waals surface area contributed by atoms with Gasteiger partial charge < -0.3 is 4.57 Å². The fourth-order valence-corrected chi connectivity index (χ4v) is 1.68. The van der Waals surface area contributed by atoms with E-state index in [4.69, 9.17) is 0 Å². The van der Waals surface area contributed by atoms with Crippen molar-refractivity contribution in [1.29, 1.82) is 0 Å². The summed E-state index contributed by atoms with van der Waals surface area (Å²) >= 11 is 0. The lowest BCUT2D eigenvalue weighted by atomic mass is 10.2. The van der Waals surface area contributed by atoms with Crippen molar-refractivity contribution < 1.29 is 4.79 Å². The van der Waals surface area contributed by atoms with Crippen molar-refractivity contribution >= 4 is 5.78 Å². The number of carbonyl (C=O) groups is 1. The molecule has 100 valence electrons. The first-order valence-electron chi connectivity index (χ1n) is 5.56. The summed E-state index contributed by atoms with van der Waals surface area (Å²) in [5, 5.41) is 7.57. The van der Waals surface area contributed by atoms with Gasteiger partial charge in [0.2, 0.25) is 0 Å². The van der Waals surface area contributed by atoms with E-state index in [0.717, 1.165) is 4.57 Å². The molecule has 0 N–H and O–H groups in total. The van der Waals surface area contributed by atoms with E-state index < -0.39 is 11.2 Å². The number of aromatic nitrogens is 5. The molecule has 2 rings (SSSR count). The molecule has 19 heavy (non-hydrogen) atoms. The van der Waals surface area contributed by atoms with Crippen molar-refractivity contribution in [2.45, 2.75) is 13.5 Å². The maximum Gasteiger partial charge on any atom is 0.331 e. The van der Waals surface area contributed by atoms with Crippen LogP contribution in [0.2, 0.25) is 0 Å². The van der Waals surface area contributed by atoms with Crippen LogP contribution in [0.25, 0.3) is 0 Å². The Labute approximate surface area is 107 Å². The third-order valence-corrected chi connectivity index (χ3v) is 2.85. The summed E-state index contributed by atoms with van der Waals surface area (Å²) in [4.78, 5) is 35.1. The van der Waals surface area contributed by atoms with Crippen LogP contribution in [0.15, 0.2) is 22.1 Å². The minimum absolute atomic E-state index is 0.0238. The largest absolute Gasteiger partial charge is 0.331 e. The third-order valence-electron chi connectivity index (χ3n) is 2.85. The number of ketones is 1. The predicted octanol–water partition coefficient (Wildman–Crippen LogP) is -1.07. The zero-order valence-electron chi connectivity index (χ0n) is 10.8. The van der Waals surface area contributed by atoms with Crippen molar-refractivity contribution in [2.24, 2.45) is 14.1 Å². The fraction of sp³-hybridized carbons (Fsp3) is 0.364. The molecule has 2 heterocycles. The Morgan fingerprint density at radius 2 is 2.00 bits per heavy atom. The summed E-state index contributed by atoms with van der Waals surface area (Å²) in [6.07, 6.45) is 2.77. The van der Waals surface area contributed by atoms with Crippen LogP contribution in [0, 0.1) is 0 Å². The molecule has 8 heteroatoms. The summed E-state index contributed by atoms with van der Waals surface area (Å²) in [5.74, 6) is 0.169. The Balaban J connectivity index is 2.59. The first kappa shape index (κ1) is 12.9. The maximum absolute atomic E-state index is 12.0. The van der Waals surface area contributed by atoms with Gasteiger partial charge in [-0.05, 0) is 6.92 Å². The van der Waals surface area contributed by atoms with Crippen molar-refractivity contribution in [3.05, 3.63) is 44.8 Å². The number of hydrogen-bond donors (Lipinski definition) is 0. The Bertz CT molecular complexity index is 752. The Kier molecular flexibility index (Phi) is 3.16. The summed E-state index contributed by atoms with van der Waals surface area (Å²) in [6, 6.07) is 0. The smallest absolute Gasteiger partial charge is 0.319 e. The second-order valence-corrected chi connectivity index (χ2v) is 4.23. The highest BCUT2D eigenvalue weighted by atomic mass is 16.2. The van der Waals surface area contributed by atoms with Crippen molar-refractivity contribution in [1.82, 2.24) is 23.9 Å². The minimum Gasteiger partial charge on any atom is -0.319 e. The molecule has 2 aromatic heterocycles. The summed E-state index contributed by atoms with van der Waals surface area (Å²) in [7, 11) is 3.08. The lowest BCUT2D eigenvalue weighted by Crippen LogP contribution is -2.40. The predicted molar refractivity (Wildman–Crippen MR) is 66.1 cm³/mol. The van der Waals surface area contributed by atoms with Crippen LogP contribution >= 0.6 is 0 Å². The van der Waals surface area contributed by atoms with Gasteiger partial charge in [-0.1, -0.05) is 0 Å². The van der Waals surface area contributed by atoms with Gasteiger partial charge in [-0.15, -0.1) is 10.2 Å². The van der Waals surface area contributed by atoms with E-state index in [1.54, 1.807) is 11.6 Å². The molecular weight excluding hydrogens is 250 g/mol. The first-order chi connectivity index (χ1) is 8.91. The normalized spacial score (nSPS) is 10.7. The molecule has 0 saturated carbocycles. The number of rotatable bonds is 3. The third kappa shape index (κ3) is 2.24. The highest BCUT2D eigenvalue weighted by molar-refractivity contribution is 5.93. The Morgan fingerprint density at radius 1 is 1.32 bits per heavy atom. The maximum atomic E-state index is 12.0. The molecule has 0 atom stereocenters. The van der Waals surface area contributed by atoms with Crippen LogP contribution in [0.3, 0.4) is 0 Å². The molecule has 0 aliphatic rings. The number of carbonyl (C=O) groups excluding carboxylic acids is 1. The molecular formula is C11H13N5O3. The van der Waals surface area contributed by atoms with Gasteiger partial charge in [-0.2, -0.15) is 0 Å². The topological polar surface area (TPSA) is 91.8 Å². The molecule has 0 saturated heterocycles. The molecule has 0 unspecified atom stereocenters. The van der Waals surface area contributed by atoms with Gasteiger partial charge in [0.1, 0.15) is 6.33 Å². The van der Waals surface area contributed by atoms with E-state index in [1.807, 2.05) is 0 Å². The summed E-state index contributed by atoms with van der Waals surface area (Å²) < 4.78 is 3.83. The highest BCUT2D eigenvalue weighted by Crippen LogP contribution is 1.96. The molecule has 2 aromatic rings. The summed E-state index contributed by atoms with van der Waals surface area (Å²) in [6.45, 7) is 1.43. The monoisotopic (exact) mass is 263 g/mol. The first-order valence-corrected chi connectivity index (χ1v) is 5.56. The number of aryl methyl sites for hydroxylation is 1. The second kappa shape index (κ2) is 4.63. The SMILES string of the molecule is CC(=O)c1cn(Cc2nncn2C)c(=O)n(C)c1=O. The zero-order chi connectivity index (χ0) is 14.2. The van der Waals surface area contributed by atoms with Crippen LogP contribution < -0.4 is 11.2 Å². The van der Waals surface area contributed by atoms with E-state index in [0.29, 0.717) is 5.82 Å². The average molecular weight is 263 g/mol. The van der Waals surface area contributed by atoms with Gasteiger partial charge in [-0.25, -0.2) is 4.79 Å². The quantitative estimate of drug-likeness (QED) is 0.657. The lowest BCUT2D eigenvalue weighted by molar-refractivity contribution is 0.101. The van der Waals surface area contributed by atoms with Crippen LogP contribution in [0.4, 0.5) is 0 Å². The standard InChI is InChI=1S/C11H13N5O3/c1-7(17)8-4-16(11(19)15(3)10(8)18)5-9-13-12-6-14(9)2/h4,6H,5H2,1-3H3. The molecule has 0 aromatic carbocycles. The fourth-order valence-electron chi connectivity index (χ4n) is 1.68. The number of nitrogens with zero attached hydrogens (tertiary/aromatic N) is 5. The zero-order valence-corrected chi connectivity index (χ0v) is 10.8. The Hall–Kier alpha value is -2.51. The van der Waals surface area contributed by atoms with Crippen LogP contribution in [-0.2, 0) is 20.6 Å². The van der Waals surface area contributed by atoms with E-state index in [1.165, 1.54) is 31.1 Å². The van der Waals surface area contributed by atoms with Gasteiger partial charge in [0.05, 0.1) is 12.1 Å². The molecule has 0 aliphatic heterocycles. The van der Waals surface area contributed by atoms with Gasteiger partial charge in [0.15, 0.2) is 11.6 Å². The van der Waals surface area contributed by atoms with Gasteiger partial charge in [0.25, 0.3) is 5.56 Å². The molecule has 0 fully saturated rings. The van der Waals surface area contributed by atoms with Gasteiger partial charge in [0, 0.05) is 20.3 Å². The molecule has 0 bridgehead atoms. The van der Waals surface area contributed by atoms with E-state index >= 15 is 0 Å². The lowest BCUT2D eigenvalue weighted by Gasteiger charge is -2.08. The van der Waals surface area contributed by atoms with Crippen LogP contribution in [0.5, 0.6) is 0 Å². The summed E-state index contributed by atoms with van der Waals surface area (Å²) in [5.41, 5.74) is -1.12. The minimum atomic E-state index is -0.591. The van der Waals surface area contributed by atoms with Gasteiger partial charge >= 0.3 is 5.69 Å². The number of Topliss-reactive ketones (excluding diaryl/α,β-unsaturated/α-hetero) is 1. The van der Waals surface area contributed by atoms with Crippen LogP contribution in [0.1, 0.15) is 23.1 Å². The van der Waals surface area contributed by atoms with Crippen molar-refractivity contribution in [2.75, 3.05) is 0 Å². The van der Waals surface area contributed by atoms with E-state index in [-0.39, 0.29) is 17.9 Å². The second-order valence-electron chi connectivity index (χ2n) is 4.23. The molecule has 8 nitrogen and oxygen atoms in total. The molecule has 0 spiro atoms. The van der Waals surface area contributed by atoms with E-state index in [9.17, 15) is 14.4 Å². The Morgan fingerprint density at radius 3 is 2.53 bits per heavy atom.